The van der Waals surface area contributed by atoms with Gasteiger partial charge >= 0.3 is 11.9 Å². The molecule has 3 saturated carbocycles. The second kappa shape index (κ2) is 20.7. The van der Waals surface area contributed by atoms with E-state index in [1.54, 1.807) is 13.8 Å². The van der Waals surface area contributed by atoms with Gasteiger partial charge in [0.25, 0.3) is 0 Å². The zero-order valence-corrected chi connectivity index (χ0v) is 30.3. The highest BCUT2D eigenvalue weighted by Crippen LogP contribution is 2.51. The van der Waals surface area contributed by atoms with Crippen LogP contribution in [0.2, 0.25) is 0 Å². The Morgan fingerprint density at radius 2 is 1.28 bits per heavy atom. The fraction of sp³-hybridized carbons (Fsp3) is 0.850. The van der Waals surface area contributed by atoms with Gasteiger partial charge in [0, 0.05) is 36.9 Å². The van der Waals surface area contributed by atoms with Gasteiger partial charge in [-0.1, -0.05) is 46.3 Å². The summed E-state index contributed by atoms with van der Waals surface area (Å²) in [6.07, 6.45) is 17.3. The molecule has 3 aliphatic carbocycles. The van der Waals surface area contributed by atoms with Crippen molar-refractivity contribution in [2.45, 2.75) is 130 Å². The highest BCUT2D eigenvalue weighted by Gasteiger charge is 2.44. The maximum absolute atomic E-state index is 12.0. The molecule has 0 aromatic carbocycles. The number of ether oxygens (including phenoxy) is 3. The number of hydrogen-bond donors (Lipinski definition) is 2. The van der Waals surface area contributed by atoms with Crippen LogP contribution in [-0.2, 0) is 23.8 Å². The molecule has 0 bridgehead atoms. The van der Waals surface area contributed by atoms with E-state index in [0.29, 0.717) is 67.0 Å². The Hall–Kier alpha value is -1.70. The summed E-state index contributed by atoms with van der Waals surface area (Å²) in [6, 6.07) is 0. The SMILES string of the molecule is C=C(C)C(=O)OCCCC1CC(C2CCC(C3CCC(CC)CC3)CC2C)CC(CCCOC(=O)C(=C)C)C1OCCC(CO)CO. The minimum atomic E-state index is -0.339. The summed E-state index contributed by atoms with van der Waals surface area (Å²) in [5.74, 6) is 4.58. The minimum Gasteiger partial charge on any atom is -0.462 e. The van der Waals surface area contributed by atoms with Crippen molar-refractivity contribution in [1.29, 1.82) is 0 Å². The van der Waals surface area contributed by atoms with E-state index in [1.807, 2.05) is 0 Å². The molecule has 5 unspecified atom stereocenters. The van der Waals surface area contributed by atoms with Gasteiger partial charge in [0.2, 0.25) is 0 Å². The molecule has 3 rings (SSSR count). The standard InChI is InChI=1S/C40H68O7/c1-7-30-12-14-32(15-13-30)33-16-17-37(29(6)22-33)36-23-34(10-8-19-46-39(43)27(2)3)38(45-21-18-31(25-41)26-42)35(24-36)11-9-20-47-40(44)28(4)5/h29-38,41-42H,2,4,7-26H2,1,3,5-6H3. The topological polar surface area (TPSA) is 102 Å². The maximum Gasteiger partial charge on any atom is 0.333 e. The first-order chi connectivity index (χ1) is 22.6. The van der Waals surface area contributed by atoms with Crippen LogP contribution in [0.4, 0.5) is 0 Å². The van der Waals surface area contributed by atoms with Crippen molar-refractivity contribution >= 4 is 11.9 Å². The molecule has 0 radical (unpaired) electrons. The predicted molar refractivity (Wildman–Crippen MR) is 187 cm³/mol. The van der Waals surface area contributed by atoms with E-state index in [4.69, 9.17) is 14.2 Å². The number of carbonyl (C=O) groups excluding carboxylic acids is 2. The first kappa shape index (κ1) is 39.7. The predicted octanol–water partition coefficient (Wildman–Crippen LogP) is 8.07. The Morgan fingerprint density at radius 1 is 0.745 bits per heavy atom. The second-order valence-electron chi connectivity index (χ2n) is 15.6. The van der Waals surface area contributed by atoms with Crippen molar-refractivity contribution in [3.63, 3.8) is 0 Å². The fourth-order valence-corrected chi connectivity index (χ4v) is 9.25. The van der Waals surface area contributed by atoms with Gasteiger partial charge in [0.05, 0.1) is 19.3 Å². The van der Waals surface area contributed by atoms with E-state index in [9.17, 15) is 19.8 Å². The lowest BCUT2D eigenvalue weighted by atomic mass is 9.59. The summed E-state index contributed by atoms with van der Waals surface area (Å²) < 4.78 is 17.6. The van der Waals surface area contributed by atoms with E-state index in [1.165, 1.54) is 51.4 Å². The largest absolute Gasteiger partial charge is 0.462 e. The van der Waals surface area contributed by atoms with Gasteiger partial charge in [0.15, 0.2) is 0 Å². The highest BCUT2D eigenvalue weighted by molar-refractivity contribution is 5.87. The van der Waals surface area contributed by atoms with Crippen molar-refractivity contribution in [2.24, 2.45) is 53.3 Å². The van der Waals surface area contributed by atoms with Crippen LogP contribution >= 0.6 is 0 Å². The number of hydrogen-bond acceptors (Lipinski definition) is 7. The lowest BCUT2D eigenvalue weighted by Gasteiger charge is -2.49. The normalized spacial score (nSPS) is 31.3. The number of aliphatic hydroxyl groups is 2. The molecule has 0 aromatic heterocycles. The van der Waals surface area contributed by atoms with Gasteiger partial charge in [0.1, 0.15) is 0 Å². The molecular weight excluding hydrogens is 592 g/mol. The molecule has 3 aliphatic rings. The molecular formula is C40H68O7. The Bertz CT molecular complexity index is 922. The molecule has 270 valence electrons. The van der Waals surface area contributed by atoms with Crippen LogP contribution in [0, 0.1) is 53.3 Å². The Balaban J connectivity index is 1.72. The molecule has 0 aromatic rings. The molecule has 0 spiro atoms. The maximum atomic E-state index is 12.0. The van der Waals surface area contributed by atoms with Gasteiger partial charge < -0.3 is 24.4 Å². The lowest BCUT2D eigenvalue weighted by molar-refractivity contribution is -0.139. The van der Waals surface area contributed by atoms with Gasteiger partial charge in [-0.25, -0.2) is 9.59 Å². The van der Waals surface area contributed by atoms with E-state index >= 15 is 0 Å². The van der Waals surface area contributed by atoms with Crippen LogP contribution in [0.15, 0.2) is 24.3 Å². The van der Waals surface area contributed by atoms with Crippen LogP contribution in [0.3, 0.4) is 0 Å². The third-order valence-electron chi connectivity index (χ3n) is 12.1. The molecule has 7 heteroatoms. The first-order valence-electron chi connectivity index (χ1n) is 19.1. The summed E-state index contributed by atoms with van der Waals surface area (Å²) in [5.41, 5.74) is 0.836. The van der Waals surface area contributed by atoms with Crippen LogP contribution in [0.1, 0.15) is 124 Å². The van der Waals surface area contributed by atoms with Crippen molar-refractivity contribution in [2.75, 3.05) is 33.0 Å². The van der Waals surface area contributed by atoms with Gasteiger partial charge in [-0.15, -0.1) is 0 Å². The number of carbonyl (C=O) groups is 2. The second-order valence-corrected chi connectivity index (χ2v) is 15.6. The number of esters is 2. The first-order valence-corrected chi connectivity index (χ1v) is 19.1. The Kier molecular flexibility index (Phi) is 17.5. The highest BCUT2D eigenvalue weighted by atomic mass is 16.5. The van der Waals surface area contributed by atoms with Gasteiger partial charge in [-0.05, 0) is 138 Å². The van der Waals surface area contributed by atoms with Crippen molar-refractivity contribution in [3.05, 3.63) is 24.3 Å². The summed E-state index contributed by atoms with van der Waals surface area (Å²) in [7, 11) is 0. The summed E-state index contributed by atoms with van der Waals surface area (Å²) in [4.78, 5) is 24.1. The molecule has 47 heavy (non-hydrogen) atoms. The molecule has 7 nitrogen and oxygen atoms in total. The van der Waals surface area contributed by atoms with Crippen molar-refractivity contribution in [1.82, 2.24) is 0 Å². The molecule has 0 amide bonds. The van der Waals surface area contributed by atoms with Crippen LogP contribution in [-0.4, -0.2) is 61.3 Å². The zero-order valence-electron chi connectivity index (χ0n) is 30.3. The Labute approximate surface area is 286 Å². The molecule has 2 N–H and O–H groups in total. The third kappa shape index (κ3) is 12.6. The van der Waals surface area contributed by atoms with Crippen LogP contribution in [0.5, 0.6) is 0 Å². The summed E-state index contributed by atoms with van der Waals surface area (Å²) >= 11 is 0. The third-order valence-corrected chi connectivity index (χ3v) is 12.1. The van der Waals surface area contributed by atoms with E-state index in [-0.39, 0.29) is 37.2 Å². The van der Waals surface area contributed by atoms with E-state index in [0.717, 1.165) is 56.3 Å². The fourth-order valence-electron chi connectivity index (χ4n) is 9.25. The van der Waals surface area contributed by atoms with Crippen molar-refractivity contribution in [3.8, 4) is 0 Å². The Morgan fingerprint density at radius 3 is 1.74 bits per heavy atom. The summed E-state index contributed by atoms with van der Waals surface area (Å²) in [5, 5.41) is 19.3. The molecule has 0 aliphatic heterocycles. The zero-order chi connectivity index (χ0) is 34.3. The smallest absolute Gasteiger partial charge is 0.333 e. The van der Waals surface area contributed by atoms with Crippen LogP contribution < -0.4 is 0 Å². The van der Waals surface area contributed by atoms with Crippen molar-refractivity contribution < 1.29 is 34.0 Å². The average Bonchev–Trinajstić information content (AvgIpc) is 3.07. The number of rotatable bonds is 19. The monoisotopic (exact) mass is 660 g/mol. The lowest BCUT2D eigenvalue weighted by Crippen LogP contribution is -2.44. The van der Waals surface area contributed by atoms with Crippen LogP contribution in [0.25, 0.3) is 0 Å². The van der Waals surface area contributed by atoms with E-state index < -0.39 is 0 Å². The van der Waals surface area contributed by atoms with Gasteiger partial charge in [-0.3, -0.25) is 0 Å². The van der Waals surface area contributed by atoms with E-state index in [2.05, 4.69) is 27.0 Å². The number of aliphatic hydroxyl groups excluding tert-OH is 2. The quantitative estimate of drug-likeness (QED) is 0.0821. The molecule has 0 saturated heterocycles. The average molecular weight is 661 g/mol. The molecule has 3 fully saturated rings. The minimum absolute atomic E-state index is 0.0402. The molecule has 5 atom stereocenters. The van der Waals surface area contributed by atoms with Gasteiger partial charge in [-0.2, -0.15) is 0 Å². The summed E-state index contributed by atoms with van der Waals surface area (Å²) in [6.45, 7) is 16.8. The molecule has 0 heterocycles.